The fourth-order valence-corrected chi connectivity index (χ4v) is 3.96. The van der Waals surface area contributed by atoms with Gasteiger partial charge in [-0.25, -0.2) is 4.39 Å². The second-order valence-electron chi connectivity index (χ2n) is 6.92. The summed E-state index contributed by atoms with van der Waals surface area (Å²) in [5.74, 6) is -2.37. The summed E-state index contributed by atoms with van der Waals surface area (Å²) in [6, 6.07) is 5.80. The number of benzene rings is 1. The first-order chi connectivity index (χ1) is 14.8. The van der Waals surface area contributed by atoms with Crippen molar-refractivity contribution in [2.45, 2.75) is 12.6 Å². The SMILES string of the molecule is CNC1COCCN1C(=O)C1=C(O)C(=O)C(C(=N)SC(=[NH2+])Cc2ccc(F)cc2)=C[NH2+]1. The maximum Gasteiger partial charge on any atom is 0.313 e. The number of hydrogen-bond donors (Lipinski definition) is 5. The average Bonchev–Trinajstić information content (AvgIpc) is 2.76. The van der Waals surface area contributed by atoms with Gasteiger partial charge in [0.25, 0.3) is 0 Å². The highest BCUT2D eigenvalue weighted by molar-refractivity contribution is 8.26. The van der Waals surface area contributed by atoms with Gasteiger partial charge in [0.15, 0.2) is 0 Å². The van der Waals surface area contributed by atoms with Crippen molar-refractivity contribution in [3.05, 3.63) is 58.9 Å². The summed E-state index contributed by atoms with van der Waals surface area (Å²) >= 11 is 0.872. The van der Waals surface area contributed by atoms with E-state index in [0.717, 1.165) is 17.3 Å². The lowest BCUT2D eigenvalue weighted by Crippen LogP contribution is -2.81. The van der Waals surface area contributed by atoms with Crippen molar-refractivity contribution in [1.82, 2.24) is 10.2 Å². The van der Waals surface area contributed by atoms with E-state index in [1.165, 1.54) is 28.5 Å². The quantitative estimate of drug-likeness (QED) is 0.272. The number of Topliss-reactive ketones (excluding diaryl/α,β-unsaturated/α-hetero) is 1. The van der Waals surface area contributed by atoms with Crippen LogP contribution in [-0.4, -0.2) is 64.8 Å². The lowest BCUT2D eigenvalue weighted by molar-refractivity contribution is -0.532. The zero-order valence-corrected chi connectivity index (χ0v) is 17.7. The van der Waals surface area contributed by atoms with Crippen LogP contribution >= 0.6 is 11.8 Å². The van der Waals surface area contributed by atoms with Gasteiger partial charge in [-0.3, -0.25) is 31.0 Å². The van der Waals surface area contributed by atoms with Crippen molar-refractivity contribution < 1.29 is 34.5 Å². The molecule has 0 bridgehead atoms. The Bertz CT molecular complexity index is 976. The molecule has 1 saturated heterocycles. The molecule has 3 rings (SSSR count). The molecule has 1 amide bonds. The number of nitrogens with zero attached hydrogens (tertiary/aromatic N) is 1. The zero-order valence-electron chi connectivity index (χ0n) is 16.9. The van der Waals surface area contributed by atoms with Crippen LogP contribution in [0.25, 0.3) is 0 Å². The molecule has 11 heteroatoms. The van der Waals surface area contributed by atoms with Gasteiger partial charge in [-0.15, -0.1) is 0 Å². The molecule has 1 atom stereocenters. The highest BCUT2D eigenvalue weighted by Gasteiger charge is 2.38. The fraction of sp³-hybridized carbons (Fsp3) is 0.300. The molecule has 0 saturated carbocycles. The summed E-state index contributed by atoms with van der Waals surface area (Å²) in [6.07, 6.45) is 1.25. The van der Waals surface area contributed by atoms with Gasteiger partial charge in [0.2, 0.25) is 22.3 Å². The molecule has 7 N–H and O–H groups in total. The summed E-state index contributed by atoms with van der Waals surface area (Å²) < 4.78 is 18.4. The molecule has 0 aliphatic carbocycles. The van der Waals surface area contributed by atoms with Crippen LogP contribution in [0.3, 0.4) is 0 Å². The van der Waals surface area contributed by atoms with E-state index < -0.39 is 17.4 Å². The van der Waals surface area contributed by atoms with Gasteiger partial charge >= 0.3 is 5.91 Å². The number of rotatable bonds is 5. The normalized spacial score (nSPS) is 19.3. The topological polar surface area (TPSA) is 145 Å². The molecule has 31 heavy (non-hydrogen) atoms. The number of aliphatic hydroxyl groups excluding tert-OH is 1. The standard InChI is InChI=1S/C20H22FN5O4S/c1-24-15-10-30-7-6-26(15)20(29)16-18(28)17(27)13(9-25-16)19(23)31-14(22)8-11-2-4-12(21)5-3-11/h2-5,9,15,22-24,28H,6-8,10H2,1H3,(H,25,27)/p+2. The number of quaternary nitrogens is 1. The highest BCUT2D eigenvalue weighted by atomic mass is 32.2. The average molecular weight is 450 g/mol. The molecule has 0 aromatic heterocycles. The summed E-state index contributed by atoms with van der Waals surface area (Å²) in [5.41, 5.74) is 0.570. The summed E-state index contributed by atoms with van der Waals surface area (Å²) in [5, 5.41) is 29.0. The number of nitrogens with two attached hydrogens (primary N) is 2. The van der Waals surface area contributed by atoms with E-state index in [2.05, 4.69) is 5.32 Å². The molecule has 2 aliphatic rings. The van der Waals surface area contributed by atoms with Crippen LogP contribution in [0.15, 0.2) is 47.5 Å². The number of nitrogens with one attached hydrogen (secondary N) is 2. The third-order valence-corrected chi connectivity index (χ3v) is 5.68. The smallest absolute Gasteiger partial charge is 0.313 e. The van der Waals surface area contributed by atoms with E-state index in [0.29, 0.717) is 24.8 Å². The van der Waals surface area contributed by atoms with Crippen molar-refractivity contribution in [1.29, 1.82) is 5.41 Å². The Morgan fingerprint density at radius 1 is 1.45 bits per heavy atom. The fourth-order valence-electron chi connectivity index (χ4n) is 3.19. The van der Waals surface area contributed by atoms with Crippen molar-refractivity contribution in [3.8, 4) is 0 Å². The van der Waals surface area contributed by atoms with Crippen LogP contribution in [0.5, 0.6) is 0 Å². The Labute approximate surface area is 182 Å². The maximum absolute atomic E-state index is 13.0. The van der Waals surface area contributed by atoms with Crippen molar-refractivity contribution in [2.75, 3.05) is 26.8 Å². The molecule has 164 valence electrons. The predicted molar refractivity (Wildman–Crippen MR) is 112 cm³/mol. The number of thioether (sulfide) groups is 1. The van der Waals surface area contributed by atoms with Crippen molar-refractivity contribution >= 4 is 33.5 Å². The van der Waals surface area contributed by atoms with Gasteiger partial charge in [-0.2, -0.15) is 0 Å². The second kappa shape index (κ2) is 9.96. The number of ether oxygens (including phenoxy) is 1. The summed E-state index contributed by atoms with van der Waals surface area (Å²) in [6.45, 7) is 0.980. The number of morpholine rings is 1. The van der Waals surface area contributed by atoms with Gasteiger partial charge in [-0.05, 0) is 36.5 Å². The lowest BCUT2D eigenvalue weighted by atomic mass is 10.1. The van der Waals surface area contributed by atoms with E-state index >= 15 is 0 Å². The molecule has 0 spiro atoms. The molecular formula is C20H24FN5O4S+2. The first kappa shape index (κ1) is 22.8. The Hall–Kier alpha value is -2.86. The molecule has 1 unspecified atom stereocenters. The Balaban J connectivity index is 1.65. The van der Waals surface area contributed by atoms with Crippen molar-refractivity contribution in [2.24, 2.45) is 0 Å². The van der Waals surface area contributed by atoms with Crippen LogP contribution in [0.4, 0.5) is 4.39 Å². The van der Waals surface area contributed by atoms with Gasteiger partial charge in [0.05, 0.1) is 19.6 Å². The number of allylic oxidation sites excluding steroid dienone is 1. The van der Waals surface area contributed by atoms with Crippen LogP contribution in [0.1, 0.15) is 5.56 Å². The molecule has 1 aromatic rings. The van der Waals surface area contributed by atoms with E-state index in [9.17, 15) is 19.1 Å². The minimum atomic E-state index is -0.813. The first-order valence-corrected chi connectivity index (χ1v) is 10.3. The van der Waals surface area contributed by atoms with Gasteiger partial charge in [0, 0.05) is 6.54 Å². The number of aliphatic hydroxyl groups is 1. The number of ketones is 1. The molecule has 1 fully saturated rings. The van der Waals surface area contributed by atoms with Gasteiger partial charge < -0.3 is 14.7 Å². The number of likely N-dealkylation sites (N-methyl/N-ethyl adjacent to an activating group) is 1. The van der Waals surface area contributed by atoms with Crippen molar-refractivity contribution in [3.63, 3.8) is 0 Å². The maximum atomic E-state index is 13.0. The number of carbonyl (C=O) groups excluding carboxylic acids is 2. The van der Waals surface area contributed by atoms with E-state index in [4.69, 9.17) is 15.6 Å². The second-order valence-corrected chi connectivity index (χ2v) is 8.05. The molecule has 2 heterocycles. The van der Waals surface area contributed by atoms with Gasteiger partial charge in [0.1, 0.15) is 28.8 Å². The van der Waals surface area contributed by atoms with E-state index in [1.54, 1.807) is 19.2 Å². The van der Waals surface area contributed by atoms with Crippen LogP contribution in [0, 0.1) is 11.2 Å². The molecule has 0 radical (unpaired) electrons. The van der Waals surface area contributed by atoms with E-state index in [1.807, 2.05) is 0 Å². The van der Waals surface area contributed by atoms with Crippen LogP contribution < -0.4 is 16.0 Å². The third-order valence-electron chi connectivity index (χ3n) is 4.85. The molecule has 1 aromatic carbocycles. The zero-order chi connectivity index (χ0) is 22.5. The minimum Gasteiger partial charge on any atom is -0.500 e. The molecule has 2 aliphatic heterocycles. The number of carbonyl (C=O) groups is 2. The lowest BCUT2D eigenvalue weighted by Gasteiger charge is -2.35. The predicted octanol–water partition coefficient (Wildman–Crippen LogP) is -1.56. The van der Waals surface area contributed by atoms with Crippen LogP contribution in [-0.2, 0) is 20.7 Å². The number of halogens is 1. The molecule has 9 nitrogen and oxygen atoms in total. The highest BCUT2D eigenvalue weighted by Crippen LogP contribution is 2.20. The Morgan fingerprint density at radius 3 is 2.84 bits per heavy atom. The summed E-state index contributed by atoms with van der Waals surface area (Å²) in [4.78, 5) is 27.0. The number of hydrogen-bond acceptors (Lipinski definition) is 7. The third kappa shape index (κ3) is 5.25. The first-order valence-electron chi connectivity index (χ1n) is 9.53. The Morgan fingerprint density at radius 2 is 2.16 bits per heavy atom. The Kier molecular flexibility index (Phi) is 7.33. The van der Waals surface area contributed by atoms with Crippen LogP contribution in [0.2, 0.25) is 0 Å². The van der Waals surface area contributed by atoms with Gasteiger partial charge in [-0.1, -0.05) is 12.1 Å². The largest absolute Gasteiger partial charge is 0.500 e. The van der Waals surface area contributed by atoms with E-state index in [-0.39, 0.29) is 34.7 Å². The number of amides is 1. The minimum absolute atomic E-state index is 0.0618. The molecular weight excluding hydrogens is 425 g/mol. The monoisotopic (exact) mass is 449 g/mol. The summed E-state index contributed by atoms with van der Waals surface area (Å²) in [7, 11) is 1.69.